The van der Waals surface area contributed by atoms with Gasteiger partial charge >= 0.3 is 0 Å². The van der Waals surface area contributed by atoms with Crippen molar-refractivity contribution in [3.05, 3.63) is 0 Å². The Balaban J connectivity index is 3.60. The van der Waals surface area contributed by atoms with Crippen molar-refractivity contribution in [2.75, 3.05) is 65.9 Å². The third-order valence-electron chi connectivity index (χ3n) is 7.65. The van der Waals surface area contributed by atoms with E-state index in [0.717, 1.165) is 11.5 Å². The predicted octanol–water partition coefficient (Wildman–Crippen LogP) is 8.80. The molecule has 0 aliphatic rings. The lowest BCUT2D eigenvalue weighted by Crippen LogP contribution is -2.51. The molecule has 34 heavy (non-hydrogen) atoms. The van der Waals surface area contributed by atoms with Crippen LogP contribution in [0.4, 0.5) is 0 Å². The first-order valence-electron chi connectivity index (χ1n) is 15.2. The summed E-state index contributed by atoms with van der Waals surface area (Å²) in [6.07, 6.45) is 28.2. The number of nitrogens with zero attached hydrogens (tertiary/aromatic N) is 2. The third-order valence-corrected chi connectivity index (χ3v) is 8.29. The zero-order valence-electron chi connectivity index (χ0n) is 24.2. The van der Waals surface area contributed by atoms with Crippen LogP contribution in [0.1, 0.15) is 128 Å². The van der Waals surface area contributed by atoms with Crippen molar-refractivity contribution in [1.82, 2.24) is 0 Å². The van der Waals surface area contributed by atoms with Gasteiger partial charge in [-0.25, -0.2) is 0 Å². The standard InChI is InChI=1S/C30H64N2S2/c1-31(2,25-21-17-13-9-5-7-11-15-19-23-29-33)27-28-32(3,4)26-22-18-14-10-6-8-12-16-20-24-30-34/h5-30H2,1-4H3/p+2. The molecule has 0 saturated carbocycles. The molecular weight excluding hydrogens is 452 g/mol. The Labute approximate surface area is 228 Å². The quantitative estimate of drug-likeness (QED) is 0.0606. The Hall–Kier alpha value is 0.620. The summed E-state index contributed by atoms with van der Waals surface area (Å²) in [4.78, 5) is 0. The first-order valence-corrected chi connectivity index (χ1v) is 16.5. The molecule has 4 heteroatoms. The van der Waals surface area contributed by atoms with Gasteiger partial charge in [0.05, 0.1) is 41.3 Å². The highest BCUT2D eigenvalue weighted by Gasteiger charge is 2.22. The molecule has 0 aromatic heterocycles. The lowest BCUT2D eigenvalue weighted by molar-refractivity contribution is -0.946. The Bertz CT molecular complexity index is 375. The van der Waals surface area contributed by atoms with Gasteiger partial charge in [0.1, 0.15) is 13.1 Å². The van der Waals surface area contributed by atoms with Crippen molar-refractivity contribution in [3.8, 4) is 0 Å². The van der Waals surface area contributed by atoms with E-state index in [1.54, 1.807) is 0 Å². The van der Waals surface area contributed by atoms with Crippen molar-refractivity contribution in [2.24, 2.45) is 0 Å². The van der Waals surface area contributed by atoms with E-state index in [9.17, 15) is 0 Å². The van der Waals surface area contributed by atoms with E-state index in [2.05, 4.69) is 53.4 Å². The fourth-order valence-corrected chi connectivity index (χ4v) is 5.34. The van der Waals surface area contributed by atoms with Crippen molar-refractivity contribution >= 4 is 25.3 Å². The maximum Gasteiger partial charge on any atom is 0.128 e. The molecule has 0 aliphatic heterocycles. The minimum atomic E-state index is 1.06. The predicted molar refractivity (Wildman–Crippen MR) is 164 cm³/mol. The number of hydrogen-bond acceptors (Lipinski definition) is 2. The molecule has 0 spiro atoms. The van der Waals surface area contributed by atoms with Crippen LogP contribution in [0.5, 0.6) is 0 Å². The summed E-state index contributed by atoms with van der Waals surface area (Å²) < 4.78 is 2.39. The molecule has 0 radical (unpaired) electrons. The van der Waals surface area contributed by atoms with Crippen molar-refractivity contribution in [3.63, 3.8) is 0 Å². The van der Waals surface area contributed by atoms with Crippen molar-refractivity contribution in [2.45, 2.75) is 128 Å². The highest BCUT2D eigenvalue weighted by molar-refractivity contribution is 7.80. The van der Waals surface area contributed by atoms with E-state index in [4.69, 9.17) is 0 Å². The largest absolute Gasteiger partial charge is 0.324 e. The molecule has 0 amide bonds. The molecule has 0 atom stereocenters. The monoisotopic (exact) mass is 518 g/mol. The summed E-state index contributed by atoms with van der Waals surface area (Å²) in [5, 5.41) is 0. The van der Waals surface area contributed by atoms with E-state index >= 15 is 0 Å². The molecule has 0 N–H and O–H groups in total. The molecule has 0 bridgehead atoms. The van der Waals surface area contributed by atoms with Crippen LogP contribution in [0.15, 0.2) is 0 Å². The van der Waals surface area contributed by atoms with Gasteiger partial charge in [-0.15, -0.1) is 0 Å². The molecule has 206 valence electrons. The number of unbranched alkanes of at least 4 members (excludes halogenated alkanes) is 18. The number of likely N-dealkylation sites (N-methyl/N-ethyl adjacent to an activating group) is 2. The second kappa shape index (κ2) is 24.0. The van der Waals surface area contributed by atoms with Gasteiger partial charge in [-0.05, 0) is 50.0 Å². The van der Waals surface area contributed by atoms with Gasteiger partial charge in [0.15, 0.2) is 0 Å². The summed E-state index contributed by atoms with van der Waals surface area (Å²) in [5.41, 5.74) is 0. The molecule has 0 heterocycles. The van der Waals surface area contributed by atoms with Crippen LogP contribution in [-0.4, -0.2) is 74.8 Å². The summed E-state index contributed by atoms with van der Waals surface area (Å²) in [6, 6.07) is 0. The summed E-state index contributed by atoms with van der Waals surface area (Å²) in [6.45, 7) is 5.32. The molecule has 0 aromatic rings. The van der Waals surface area contributed by atoms with Gasteiger partial charge in [0.2, 0.25) is 0 Å². The average molecular weight is 519 g/mol. The Kier molecular flexibility index (Phi) is 24.4. The van der Waals surface area contributed by atoms with Crippen LogP contribution in [-0.2, 0) is 0 Å². The first-order chi connectivity index (χ1) is 16.3. The second-order valence-corrected chi connectivity index (χ2v) is 13.2. The van der Waals surface area contributed by atoms with Crippen molar-refractivity contribution in [1.29, 1.82) is 0 Å². The van der Waals surface area contributed by atoms with E-state index in [0.29, 0.717) is 0 Å². The molecular formula is C30H66N2S2+2. The van der Waals surface area contributed by atoms with Gasteiger partial charge in [-0.3, -0.25) is 0 Å². The van der Waals surface area contributed by atoms with Gasteiger partial charge in [-0.2, -0.15) is 25.3 Å². The molecule has 2 nitrogen and oxygen atoms in total. The SMILES string of the molecule is C[N+](C)(CCCCCCCCCCCCS)CC[N+](C)(C)CCCCCCCCCCCCS. The van der Waals surface area contributed by atoms with Crippen LogP contribution < -0.4 is 0 Å². The van der Waals surface area contributed by atoms with Crippen LogP contribution in [0.25, 0.3) is 0 Å². The molecule has 0 aromatic carbocycles. The number of thiol groups is 2. The first kappa shape index (κ1) is 34.6. The molecule has 0 unspecified atom stereocenters. The smallest absolute Gasteiger partial charge is 0.128 e. The number of rotatable bonds is 27. The fourth-order valence-electron chi connectivity index (χ4n) is 4.90. The molecule has 0 fully saturated rings. The normalized spacial score (nSPS) is 12.5. The average Bonchev–Trinajstić information content (AvgIpc) is 2.80. The van der Waals surface area contributed by atoms with E-state index in [-0.39, 0.29) is 0 Å². The van der Waals surface area contributed by atoms with Crippen molar-refractivity contribution < 1.29 is 8.97 Å². The minimum absolute atomic E-state index is 1.06. The van der Waals surface area contributed by atoms with Crippen LogP contribution in [0.3, 0.4) is 0 Å². The van der Waals surface area contributed by atoms with Gasteiger partial charge in [0.25, 0.3) is 0 Å². The van der Waals surface area contributed by atoms with Crippen LogP contribution >= 0.6 is 25.3 Å². The van der Waals surface area contributed by atoms with Crippen LogP contribution in [0.2, 0.25) is 0 Å². The number of hydrogen-bond donors (Lipinski definition) is 2. The maximum atomic E-state index is 4.29. The second-order valence-electron chi connectivity index (χ2n) is 12.3. The maximum absolute atomic E-state index is 4.29. The fraction of sp³-hybridized carbons (Fsp3) is 1.00. The highest BCUT2D eigenvalue weighted by Crippen LogP contribution is 2.14. The van der Waals surface area contributed by atoms with Gasteiger partial charge in [-0.1, -0.05) is 89.9 Å². The zero-order valence-corrected chi connectivity index (χ0v) is 26.0. The molecule has 0 aliphatic carbocycles. The van der Waals surface area contributed by atoms with E-state index in [1.165, 1.54) is 164 Å². The minimum Gasteiger partial charge on any atom is -0.324 e. The number of quaternary nitrogens is 2. The molecule has 0 saturated heterocycles. The summed E-state index contributed by atoms with van der Waals surface area (Å²) in [5.74, 6) is 2.12. The Morgan fingerprint density at radius 2 is 0.500 bits per heavy atom. The Morgan fingerprint density at radius 3 is 0.735 bits per heavy atom. The topological polar surface area (TPSA) is 0 Å². The van der Waals surface area contributed by atoms with Gasteiger partial charge in [0, 0.05) is 0 Å². The Morgan fingerprint density at radius 1 is 0.294 bits per heavy atom. The van der Waals surface area contributed by atoms with Crippen LogP contribution in [0, 0.1) is 0 Å². The lowest BCUT2D eigenvalue weighted by atomic mass is 10.1. The summed E-state index contributed by atoms with van der Waals surface area (Å²) in [7, 11) is 9.79. The lowest BCUT2D eigenvalue weighted by Gasteiger charge is -2.36. The zero-order chi connectivity index (χ0) is 25.4. The summed E-state index contributed by atoms with van der Waals surface area (Å²) >= 11 is 8.59. The van der Waals surface area contributed by atoms with E-state index < -0.39 is 0 Å². The van der Waals surface area contributed by atoms with Gasteiger partial charge < -0.3 is 8.97 Å². The third kappa shape index (κ3) is 25.7. The van der Waals surface area contributed by atoms with E-state index in [1.807, 2.05) is 0 Å². The molecule has 0 rings (SSSR count). The highest BCUT2D eigenvalue weighted by atomic mass is 32.1.